The van der Waals surface area contributed by atoms with Crippen LogP contribution in [0.3, 0.4) is 0 Å². The molecule has 1 aromatic heterocycles. The third-order valence-electron chi connectivity index (χ3n) is 5.52. The van der Waals surface area contributed by atoms with E-state index in [1.165, 1.54) is 0 Å². The zero-order valence-electron chi connectivity index (χ0n) is 16.4. The number of aromatic nitrogens is 2. The Morgan fingerprint density at radius 3 is 2.76 bits per heavy atom. The Bertz CT molecular complexity index is 1050. The third kappa shape index (κ3) is 4.23. The topological polar surface area (TPSA) is 104 Å². The average Bonchev–Trinajstić information content (AvgIpc) is 3.16. The molecule has 1 aliphatic heterocycles. The Kier molecular flexibility index (Phi) is 5.20. The van der Waals surface area contributed by atoms with Gasteiger partial charge in [-0.1, -0.05) is 13.0 Å². The Hall–Kier alpha value is -3.35. The summed E-state index contributed by atoms with van der Waals surface area (Å²) >= 11 is 0. The van der Waals surface area contributed by atoms with Crippen LogP contribution in [0.2, 0.25) is 0 Å². The lowest BCUT2D eigenvalue weighted by Crippen LogP contribution is -2.34. The molecule has 3 aromatic rings. The fraction of sp³-hybridized carbons (Fsp3) is 0.318. The third-order valence-corrected chi connectivity index (χ3v) is 5.52. The Morgan fingerprint density at radius 1 is 1.21 bits per heavy atom. The van der Waals surface area contributed by atoms with Crippen molar-refractivity contribution in [3.05, 3.63) is 53.9 Å². The van der Waals surface area contributed by atoms with Crippen molar-refractivity contribution in [1.82, 2.24) is 9.97 Å². The Balaban J connectivity index is 1.50. The molecule has 1 saturated heterocycles. The second-order valence-electron chi connectivity index (χ2n) is 7.74. The molecule has 29 heavy (non-hydrogen) atoms. The summed E-state index contributed by atoms with van der Waals surface area (Å²) in [5.41, 5.74) is 10.2. The molecule has 2 heterocycles. The number of imidazole rings is 1. The van der Waals surface area contributed by atoms with Gasteiger partial charge in [-0.15, -0.1) is 0 Å². The highest BCUT2D eigenvalue weighted by atomic mass is 16.2. The monoisotopic (exact) mass is 391 g/mol. The van der Waals surface area contributed by atoms with Gasteiger partial charge in [0.2, 0.25) is 5.91 Å². The highest BCUT2D eigenvalue weighted by Gasteiger charge is 2.21. The molecule has 0 bridgehead atoms. The van der Waals surface area contributed by atoms with E-state index in [-0.39, 0.29) is 12.3 Å². The minimum Gasteiger partial charge on any atom is -0.371 e. The van der Waals surface area contributed by atoms with Crippen molar-refractivity contribution in [2.75, 3.05) is 23.3 Å². The largest absolute Gasteiger partial charge is 0.371 e. The van der Waals surface area contributed by atoms with Gasteiger partial charge in [-0.25, -0.2) is 4.98 Å². The highest BCUT2D eigenvalue weighted by molar-refractivity contribution is 6.01. The molecule has 0 aliphatic carbocycles. The molecule has 2 amide bonds. The zero-order valence-corrected chi connectivity index (χ0v) is 16.4. The lowest BCUT2D eigenvalue weighted by molar-refractivity contribution is -0.115. The smallest absolute Gasteiger partial charge is 0.250 e. The number of piperidine rings is 1. The van der Waals surface area contributed by atoms with Crippen molar-refractivity contribution >= 4 is 34.2 Å². The standard InChI is InChI=1S/C22H25N5O2/c1-14-6-8-27(9-7-14)20-12-16(3-4-17(20)22(23)29)26-21(28)11-15-2-5-18-19(10-15)25-13-24-18/h2-5,10,12-14H,6-9,11H2,1H3,(H2,23,29)(H,24,25)(H,26,28). The van der Waals surface area contributed by atoms with Crippen LogP contribution in [0.25, 0.3) is 11.0 Å². The molecule has 4 rings (SSSR count). The summed E-state index contributed by atoms with van der Waals surface area (Å²) in [5.74, 6) is 0.108. The number of nitrogens with two attached hydrogens (primary N) is 1. The number of nitrogens with zero attached hydrogens (tertiary/aromatic N) is 2. The van der Waals surface area contributed by atoms with E-state index >= 15 is 0 Å². The van der Waals surface area contributed by atoms with Crippen LogP contribution in [0, 0.1) is 5.92 Å². The van der Waals surface area contributed by atoms with E-state index in [1.807, 2.05) is 24.3 Å². The quantitative estimate of drug-likeness (QED) is 0.622. The molecule has 4 N–H and O–H groups in total. The van der Waals surface area contributed by atoms with Gasteiger partial charge in [-0.05, 0) is 54.7 Å². The van der Waals surface area contributed by atoms with Crippen LogP contribution in [0.1, 0.15) is 35.7 Å². The fourth-order valence-corrected chi connectivity index (χ4v) is 3.81. The van der Waals surface area contributed by atoms with E-state index in [4.69, 9.17) is 5.73 Å². The van der Waals surface area contributed by atoms with Crippen molar-refractivity contribution < 1.29 is 9.59 Å². The first-order chi connectivity index (χ1) is 14.0. The fourth-order valence-electron chi connectivity index (χ4n) is 3.81. The van der Waals surface area contributed by atoms with Gasteiger partial charge in [0.05, 0.1) is 35.0 Å². The molecule has 1 aliphatic rings. The Labute approximate surface area is 169 Å². The molecule has 0 atom stereocenters. The number of carbonyl (C=O) groups is 2. The number of primary amides is 1. The van der Waals surface area contributed by atoms with Crippen LogP contribution in [-0.4, -0.2) is 34.9 Å². The predicted molar refractivity (Wildman–Crippen MR) is 114 cm³/mol. The van der Waals surface area contributed by atoms with Gasteiger partial charge in [0.25, 0.3) is 5.91 Å². The summed E-state index contributed by atoms with van der Waals surface area (Å²) in [6.07, 6.45) is 4.04. The summed E-state index contributed by atoms with van der Waals surface area (Å²) in [5, 5.41) is 2.94. The van der Waals surface area contributed by atoms with E-state index in [9.17, 15) is 9.59 Å². The van der Waals surface area contributed by atoms with E-state index in [2.05, 4.69) is 27.1 Å². The van der Waals surface area contributed by atoms with Gasteiger partial charge < -0.3 is 20.9 Å². The summed E-state index contributed by atoms with van der Waals surface area (Å²) in [6.45, 7) is 4.00. The van der Waals surface area contributed by atoms with Crippen LogP contribution < -0.4 is 16.0 Å². The van der Waals surface area contributed by atoms with Crippen LogP contribution >= 0.6 is 0 Å². The van der Waals surface area contributed by atoms with Gasteiger partial charge in [0, 0.05) is 18.8 Å². The molecule has 7 nitrogen and oxygen atoms in total. The molecule has 1 fully saturated rings. The van der Waals surface area contributed by atoms with Crippen molar-refractivity contribution in [2.45, 2.75) is 26.2 Å². The lowest BCUT2D eigenvalue weighted by atomic mass is 9.98. The molecule has 0 spiro atoms. The molecule has 0 saturated carbocycles. The van der Waals surface area contributed by atoms with E-state index in [0.29, 0.717) is 17.2 Å². The molecular weight excluding hydrogens is 366 g/mol. The first-order valence-corrected chi connectivity index (χ1v) is 9.90. The van der Waals surface area contributed by atoms with Gasteiger partial charge in [-0.2, -0.15) is 0 Å². The van der Waals surface area contributed by atoms with Crippen molar-refractivity contribution in [3.8, 4) is 0 Å². The number of fused-ring (bicyclic) bond motifs is 1. The normalized spacial score (nSPS) is 14.9. The molecule has 0 radical (unpaired) electrons. The number of hydrogen-bond donors (Lipinski definition) is 3. The van der Waals surface area contributed by atoms with E-state index in [1.54, 1.807) is 18.5 Å². The number of amides is 2. The van der Waals surface area contributed by atoms with Gasteiger partial charge >= 0.3 is 0 Å². The van der Waals surface area contributed by atoms with Gasteiger partial charge in [-0.3, -0.25) is 9.59 Å². The maximum Gasteiger partial charge on any atom is 0.250 e. The number of hydrogen-bond acceptors (Lipinski definition) is 4. The van der Waals surface area contributed by atoms with Crippen molar-refractivity contribution in [1.29, 1.82) is 0 Å². The molecule has 2 aromatic carbocycles. The SMILES string of the molecule is CC1CCN(c2cc(NC(=O)Cc3ccc4nc[nH]c4c3)ccc2C(N)=O)CC1. The average molecular weight is 391 g/mol. The van der Waals surface area contributed by atoms with Gasteiger partial charge in [0.15, 0.2) is 0 Å². The van der Waals surface area contributed by atoms with Gasteiger partial charge in [0.1, 0.15) is 0 Å². The van der Waals surface area contributed by atoms with Crippen molar-refractivity contribution in [2.24, 2.45) is 11.7 Å². The second-order valence-corrected chi connectivity index (χ2v) is 7.74. The van der Waals surface area contributed by atoms with Crippen LogP contribution in [0.15, 0.2) is 42.7 Å². The van der Waals surface area contributed by atoms with E-state index < -0.39 is 5.91 Å². The summed E-state index contributed by atoms with van der Waals surface area (Å²) < 4.78 is 0. The maximum absolute atomic E-state index is 12.6. The summed E-state index contributed by atoms with van der Waals surface area (Å²) in [6, 6.07) is 11.0. The van der Waals surface area contributed by atoms with E-state index in [0.717, 1.165) is 48.2 Å². The zero-order chi connectivity index (χ0) is 20.4. The Morgan fingerprint density at radius 2 is 2.00 bits per heavy atom. The minimum atomic E-state index is -0.454. The number of benzene rings is 2. The summed E-state index contributed by atoms with van der Waals surface area (Å²) in [7, 11) is 0. The number of carbonyl (C=O) groups excluding carboxylic acids is 2. The minimum absolute atomic E-state index is 0.117. The first-order valence-electron chi connectivity index (χ1n) is 9.90. The number of rotatable bonds is 5. The lowest BCUT2D eigenvalue weighted by Gasteiger charge is -2.33. The van der Waals surface area contributed by atoms with Crippen LogP contribution in [0.4, 0.5) is 11.4 Å². The number of nitrogens with one attached hydrogen (secondary N) is 2. The van der Waals surface area contributed by atoms with Crippen molar-refractivity contribution in [3.63, 3.8) is 0 Å². The first kappa shape index (κ1) is 19.0. The maximum atomic E-state index is 12.6. The molecular formula is C22H25N5O2. The molecule has 0 unspecified atom stereocenters. The van der Waals surface area contributed by atoms with Crippen LogP contribution in [-0.2, 0) is 11.2 Å². The highest BCUT2D eigenvalue weighted by Crippen LogP contribution is 2.29. The number of aromatic amines is 1. The van der Waals surface area contributed by atoms with Crippen LogP contribution in [0.5, 0.6) is 0 Å². The molecule has 7 heteroatoms. The molecule has 150 valence electrons. The second kappa shape index (κ2) is 7.95. The number of anilines is 2. The summed E-state index contributed by atoms with van der Waals surface area (Å²) in [4.78, 5) is 33.9. The predicted octanol–water partition coefficient (Wildman–Crippen LogP) is 3.08. The number of H-pyrrole nitrogens is 1.